The van der Waals surface area contributed by atoms with E-state index in [9.17, 15) is 0 Å². The Balaban J connectivity index is 1.90. The first-order valence-corrected chi connectivity index (χ1v) is 7.56. The van der Waals surface area contributed by atoms with E-state index in [1.165, 1.54) is 0 Å². The first-order valence-electron chi connectivity index (χ1n) is 7.56. The van der Waals surface area contributed by atoms with Gasteiger partial charge in [-0.25, -0.2) is 0 Å². The van der Waals surface area contributed by atoms with Crippen molar-refractivity contribution in [2.75, 3.05) is 26.7 Å². The number of nitrogens with two attached hydrogens (primary N) is 1. The number of aliphatic imine (C=N–C) groups is 1. The number of para-hydroxylation sites is 1. The lowest BCUT2D eigenvalue weighted by Crippen LogP contribution is -2.38. The maximum absolute atomic E-state index is 6.00. The average molecular weight is 290 g/mol. The lowest BCUT2D eigenvalue weighted by atomic mass is 10.0. The predicted octanol–water partition coefficient (Wildman–Crippen LogP) is 1.75. The van der Waals surface area contributed by atoms with Crippen molar-refractivity contribution in [3.05, 3.63) is 29.8 Å². The number of hydrogen-bond donors (Lipinski definition) is 2. The van der Waals surface area contributed by atoms with Crippen LogP contribution in [0.5, 0.6) is 5.75 Å². The maximum Gasteiger partial charge on any atom is 0.189 e. The smallest absolute Gasteiger partial charge is 0.189 e. The number of fused-ring (bicyclic) bond motifs is 1. The number of rotatable bonds is 5. The van der Waals surface area contributed by atoms with E-state index < -0.39 is 0 Å². The highest BCUT2D eigenvalue weighted by atomic mass is 16.5. The van der Waals surface area contributed by atoms with Crippen LogP contribution >= 0.6 is 0 Å². The van der Waals surface area contributed by atoms with Crippen molar-refractivity contribution in [1.29, 1.82) is 0 Å². The van der Waals surface area contributed by atoms with Crippen molar-refractivity contribution in [2.45, 2.75) is 32.4 Å². The van der Waals surface area contributed by atoms with Crippen LogP contribution in [0.2, 0.25) is 0 Å². The van der Waals surface area contributed by atoms with Crippen LogP contribution in [0.3, 0.4) is 0 Å². The van der Waals surface area contributed by atoms with Crippen LogP contribution in [0.25, 0.3) is 0 Å². The van der Waals surface area contributed by atoms with Crippen molar-refractivity contribution in [3.63, 3.8) is 0 Å². The van der Waals surface area contributed by atoms with Crippen LogP contribution in [-0.2, 0) is 0 Å². The monoisotopic (exact) mass is 290 g/mol. The molecule has 0 aliphatic carbocycles. The molecule has 0 fully saturated rings. The van der Waals surface area contributed by atoms with E-state index in [2.05, 4.69) is 42.2 Å². The van der Waals surface area contributed by atoms with Gasteiger partial charge in [0, 0.05) is 24.6 Å². The van der Waals surface area contributed by atoms with Crippen molar-refractivity contribution < 1.29 is 4.74 Å². The average Bonchev–Trinajstić information content (AvgIpc) is 2.47. The topological polar surface area (TPSA) is 62.9 Å². The molecule has 21 heavy (non-hydrogen) atoms. The minimum absolute atomic E-state index is 0.182. The summed E-state index contributed by atoms with van der Waals surface area (Å²) in [5.74, 6) is 1.45. The lowest BCUT2D eigenvalue weighted by molar-refractivity contribution is 0.262. The summed E-state index contributed by atoms with van der Waals surface area (Å²) in [4.78, 5) is 6.66. The molecule has 5 heteroatoms. The van der Waals surface area contributed by atoms with Gasteiger partial charge >= 0.3 is 0 Å². The largest absolute Gasteiger partial charge is 0.493 e. The van der Waals surface area contributed by atoms with E-state index in [1.54, 1.807) is 0 Å². The van der Waals surface area contributed by atoms with E-state index >= 15 is 0 Å². The zero-order valence-corrected chi connectivity index (χ0v) is 13.2. The summed E-state index contributed by atoms with van der Waals surface area (Å²) in [5, 5.41) is 3.31. The Morgan fingerprint density at radius 3 is 3.00 bits per heavy atom. The van der Waals surface area contributed by atoms with Gasteiger partial charge in [0.1, 0.15) is 5.75 Å². The van der Waals surface area contributed by atoms with E-state index in [-0.39, 0.29) is 6.04 Å². The molecule has 2 rings (SSSR count). The van der Waals surface area contributed by atoms with Gasteiger partial charge in [-0.3, -0.25) is 4.99 Å². The molecule has 3 N–H and O–H groups in total. The fourth-order valence-corrected chi connectivity index (χ4v) is 2.30. The molecule has 1 heterocycles. The summed E-state index contributed by atoms with van der Waals surface area (Å²) in [7, 11) is 2.10. The van der Waals surface area contributed by atoms with Crippen molar-refractivity contribution in [3.8, 4) is 5.75 Å². The molecule has 0 bridgehead atoms. The zero-order chi connectivity index (χ0) is 15.2. The number of hydrogen-bond acceptors (Lipinski definition) is 3. The quantitative estimate of drug-likeness (QED) is 0.640. The molecule has 0 aromatic heterocycles. The number of nitrogens with one attached hydrogen (secondary N) is 1. The van der Waals surface area contributed by atoms with Crippen LogP contribution in [0.1, 0.15) is 31.9 Å². The fourth-order valence-electron chi connectivity index (χ4n) is 2.30. The number of nitrogens with zero attached hydrogens (tertiary/aromatic N) is 2. The van der Waals surface area contributed by atoms with Crippen molar-refractivity contribution in [1.82, 2.24) is 10.2 Å². The molecule has 0 saturated carbocycles. The third-order valence-corrected chi connectivity index (χ3v) is 3.90. The Labute approximate surface area is 127 Å². The molecule has 0 spiro atoms. The molecule has 0 saturated heterocycles. The molecular weight excluding hydrogens is 264 g/mol. The minimum atomic E-state index is 0.182. The van der Waals surface area contributed by atoms with Crippen molar-refractivity contribution in [2.24, 2.45) is 10.7 Å². The molecule has 0 amide bonds. The van der Waals surface area contributed by atoms with Gasteiger partial charge in [0.25, 0.3) is 0 Å². The van der Waals surface area contributed by atoms with Gasteiger partial charge in [0.2, 0.25) is 0 Å². The molecule has 1 aliphatic rings. The Morgan fingerprint density at radius 2 is 2.24 bits per heavy atom. The first kappa shape index (κ1) is 15.6. The van der Waals surface area contributed by atoms with Gasteiger partial charge in [-0.1, -0.05) is 18.2 Å². The highest BCUT2D eigenvalue weighted by Gasteiger charge is 2.21. The maximum atomic E-state index is 6.00. The summed E-state index contributed by atoms with van der Waals surface area (Å²) >= 11 is 0. The molecule has 1 aliphatic heterocycles. The van der Waals surface area contributed by atoms with Gasteiger partial charge in [-0.05, 0) is 27.0 Å². The summed E-state index contributed by atoms with van der Waals surface area (Å²) in [6.45, 7) is 6.66. The second-order valence-corrected chi connectivity index (χ2v) is 5.71. The second-order valence-electron chi connectivity index (χ2n) is 5.71. The molecule has 116 valence electrons. The summed E-state index contributed by atoms with van der Waals surface area (Å²) in [6.07, 6.45) is 0.902. The Hall–Kier alpha value is -1.75. The van der Waals surface area contributed by atoms with Crippen LogP contribution in [0, 0.1) is 0 Å². The van der Waals surface area contributed by atoms with Gasteiger partial charge in [-0.2, -0.15) is 0 Å². The molecular formula is C16H26N4O. The number of ether oxygens (including phenoxy) is 1. The molecule has 1 aromatic rings. The molecule has 1 aromatic carbocycles. The van der Waals surface area contributed by atoms with E-state index in [4.69, 9.17) is 10.5 Å². The highest BCUT2D eigenvalue weighted by Crippen LogP contribution is 2.31. The molecule has 1 atom stereocenters. The van der Waals surface area contributed by atoms with E-state index in [0.29, 0.717) is 25.2 Å². The Kier molecular flexibility index (Phi) is 5.44. The van der Waals surface area contributed by atoms with Gasteiger partial charge in [-0.15, -0.1) is 0 Å². The summed E-state index contributed by atoms with van der Waals surface area (Å²) < 4.78 is 5.65. The summed E-state index contributed by atoms with van der Waals surface area (Å²) in [6, 6.07) is 8.78. The number of likely N-dealkylation sites (N-methyl/N-ethyl adjacent to an activating group) is 1. The minimum Gasteiger partial charge on any atom is -0.493 e. The zero-order valence-electron chi connectivity index (χ0n) is 13.2. The Bertz CT molecular complexity index is 487. The SMILES string of the molecule is CC(C)N(C)CCN=C(N)NC1CCOc2ccccc21. The normalized spacial score (nSPS) is 18.5. The van der Waals surface area contributed by atoms with Gasteiger partial charge in [0.15, 0.2) is 5.96 Å². The van der Waals surface area contributed by atoms with Crippen LogP contribution in [-0.4, -0.2) is 43.6 Å². The standard InChI is InChI=1S/C16H26N4O/c1-12(2)20(3)10-9-18-16(17)19-14-8-11-21-15-7-5-4-6-13(14)15/h4-7,12,14H,8-11H2,1-3H3,(H3,17,18,19). The molecule has 0 radical (unpaired) electrons. The van der Waals surface area contributed by atoms with Crippen LogP contribution in [0.15, 0.2) is 29.3 Å². The van der Waals surface area contributed by atoms with E-state index in [1.807, 2.05) is 18.2 Å². The third kappa shape index (κ3) is 4.36. The van der Waals surface area contributed by atoms with Crippen LogP contribution < -0.4 is 15.8 Å². The van der Waals surface area contributed by atoms with E-state index in [0.717, 1.165) is 24.3 Å². The Morgan fingerprint density at radius 1 is 1.48 bits per heavy atom. The second kappa shape index (κ2) is 7.31. The predicted molar refractivity (Wildman–Crippen MR) is 86.7 cm³/mol. The summed E-state index contributed by atoms with van der Waals surface area (Å²) in [5.41, 5.74) is 7.16. The van der Waals surface area contributed by atoms with Gasteiger partial charge < -0.3 is 20.7 Å². The van der Waals surface area contributed by atoms with Crippen molar-refractivity contribution >= 4 is 5.96 Å². The van der Waals surface area contributed by atoms with Gasteiger partial charge in [0.05, 0.1) is 19.2 Å². The number of benzene rings is 1. The fraction of sp³-hybridized carbons (Fsp3) is 0.562. The lowest BCUT2D eigenvalue weighted by Gasteiger charge is -2.27. The molecule has 1 unspecified atom stereocenters. The number of guanidine groups is 1. The molecule has 5 nitrogen and oxygen atoms in total. The highest BCUT2D eigenvalue weighted by molar-refractivity contribution is 5.78. The third-order valence-electron chi connectivity index (χ3n) is 3.90. The van der Waals surface area contributed by atoms with Crippen LogP contribution in [0.4, 0.5) is 0 Å². The first-order chi connectivity index (χ1) is 10.1.